The summed E-state index contributed by atoms with van der Waals surface area (Å²) in [6, 6.07) is 2.95. The van der Waals surface area contributed by atoms with Crippen LogP contribution in [0.4, 0.5) is 0 Å². The van der Waals surface area contributed by atoms with Gasteiger partial charge in [0.05, 0.1) is 31.2 Å². The Morgan fingerprint density at radius 3 is 2.39 bits per heavy atom. The summed E-state index contributed by atoms with van der Waals surface area (Å²) in [4.78, 5) is 22.9. The van der Waals surface area contributed by atoms with Gasteiger partial charge in [0.2, 0.25) is 0 Å². The van der Waals surface area contributed by atoms with Crippen LogP contribution in [-0.4, -0.2) is 26.0 Å². The van der Waals surface area contributed by atoms with E-state index in [-0.39, 0.29) is 29.2 Å². The minimum Gasteiger partial charge on any atom is -0.496 e. The van der Waals surface area contributed by atoms with Gasteiger partial charge in [0.15, 0.2) is 5.78 Å². The number of hydrogen-bond donors (Lipinski definition) is 0. The first-order valence-corrected chi connectivity index (χ1v) is 5.88. The fourth-order valence-electron chi connectivity index (χ4n) is 1.42. The summed E-state index contributed by atoms with van der Waals surface area (Å²) in [5.41, 5.74) is 0.229. The van der Waals surface area contributed by atoms with Crippen LogP contribution in [0.1, 0.15) is 23.2 Å². The summed E-state index contributed by atoms with van der Waals surface area (Å²) >= 11 is 11.8. The van der Waals surface area contributed by atoms with Gasteiger partial charge in [0.1, 0.15) is 5.75 Å². The summed E-state index contributed by atoms with van der Waals surface area (Å²) in [7, 11) is 2.68. The van der Waals surface area contributed by atoms with Crippen LogP contribution in [0.3, 0.4) is 0 Å². The van der Waals surface area contributed by atoms with E-state index in [9.17, 15) is 9.59 Å². The van der Waals surface area contributed by atoms with E-state index in [1.54, 1.807) is 0 Å². The van der Waals surface area contributed by atoms with Crippen molar-refractivity contribution >= 4 is 35.0 Å². The Balaban J connectivity index is 2.94. The minimum atomic E-state index is -0.451. The van der Waals surface area contributed by atoms with Crippen LogP contribution >= 0.6 is 23.2 Å². The largest absolute Gasteiger partial charge is 0.496 e. The number of halogens is 2. The highest BCUT2D eigenvalue weighted by molar-refractivity contribution is 6.37. The molecule has 0 radical (unpaired) electrons. The number of esters is 1. The monoisotopic (exact) mass is 290 g/mol. The molecule has 1 aromatic rings. The van der Waals surface area contributed by atoms with Gasteiger partial charge in [0, 0.05) is 11.4 Å². The summed E-state index contributed by atoms with van der Waals surface area (Å²) in [6.45, 7) is 0. The van der Waals surface area contributed by atoms with E-state index < -0.39 is 5.97 Å². The molecule has 6 heteroatoms. The molecule has 0 aliphatic heterocycles. The Hall–Kier alpha value is -1.26. The van der Waals surface area contributed by atoms with Gasteiger partial charge < -0.3 is 9.47 Å². The molecule has 0 spiro atoms. The van der Waals surface area contributed by atoms with Gasteiger partial charge in [0.25, 0.3) is 0 Å². The second-order valence-electron chi connectivity index (χ2n) is 3.46. The third-order valence-electron chi connectivity index (χ3n) is 2.30. The second kappa shape index (κ2) is 6.61. The number of benzene rings is 1. The quantitative estimate of drug-likeness (QED) is 0.617. The number of rotatable bonds is 5. The first-order chi connectivity index (χ1) is 8.49. The first kappa shape index (κ1) is 14.8. The molecule has 0 saturated carbocycles. The van der Waals surface area contributed by atoms with Crippen LogP contribution in [0.25, 0.3) is 0 Å². The highest BCUT2D eigenvalue weighted by atomic mass is 35.5. The lowest BCUT2D eigenvalue weighted by atomic mass is 10.1. The topological polar surface area (TPSA) is 52.6 Å². The zero-order valence-corrected chi connectivity index (χ0v) is 11.5. The average Bonchev–Trinajstić information content (AvgIpc) is 2.34. The molecular formula is C12H12Cl2O4. The van der Waals surface area contributed by atoms with Crippen molar-refractivity contribution in [2.24, 2.45) is 0 Å². The number of ketones is 1. The fourth-order valence-corrected chi connectivity index (χ4v) is 2.00. The van der Waals surface area contributed by atoms with Crippen LogP contribution in [-0.2, 0) is 9.53 Å². The Labute approximate surface area is 115 Å². The van der Waals surface area contributed by atoms with Crippen molar-refractivity contribution in [2.45, 2.75) is 12.8 Å². The zero-order valence-electron chi connectivity index (χ0n) is 9.96. The molecule has 1 rings (SSSR count). The van der Waals surface area contributed by atoms with E-state index in [1.807, 2.05) is 0 Å². The standard InChI is InChI=1S/C12H12Cl2O4/c1-17-10-6-7(13)5-8(14)12(10)9(15)3-4-11(16)18-2/h5-6H,3-4H2,1-2H3. The summed E-state index contributed by atoms with van der Waals surface area (Å²) < 4.78 is 9.52. The molecule has 0 unspecified atom stereocenters. The van der Waals surface area contributed by atoms with Crippen molar-refractivity contribution in [1.82, 2.24) is 0 Å². The molecule has 1 aromatic carbocycles. The van der Waals surface area contributed by atoms with E-state index in [2.05, 4.69) is 4.74 Å². The van der Waals surface area contributed by atoms with Gasteiger partial charge in [-0.05, 0) is 12.1 Å². The number of methoxy groups -OCH3 is 2. The van der Waals surface area contributed by atoms with Crippen molar-refractivity contribution in [1.29, 1.82) is 0 Å². The molecule has 0 heterocycles. The number of Topliss-reactive ketones (excluding diaryl/α,β-unsaturated/α-hetero) is 1. The average molecular weight is 291 g/mol. The zero-order chi connectivity index (χ0) is 13.7. The van der Waals surface area contributed by atoms with E-state index in [0.29, 0.717) is 10.8 Å². The van der Waals surface area contributed by atoms with E-state index in [1.165, 1.54) is 26.4 Å². The Bertz CT molecular complexity index is 471. The number of carbonyl (C=O) groups is 2. The van der Waals surface area contributed by atoms with Crippen molar-refractivity contribution in [2.75, 3.05) is 14.2 Å². The number of hydrogen-bond acceptors (Lipinski definition) is 4. The molecule has 0 fully saturated rings. The molecule has 0 atom stereocenters. The van der Waals surface area contributed by atoms with Crippen LogP contribution in [0.2, 0.25) is 10.0 Å². The van der Waals surface area contributed by atoms with E-state index in [0.717, 1.165) is 0 Å². The van der Waals surface area contributed by atoms with Crippen LogP contribution in [0.15, 0.2) is 12.1 Å². The predicted molar refractivity (Wildman–Crippen MR) is 68.6 cm³/mol. The lowest BCUT2D eigenvalue weighted by molar-refractivity contribution is -0.140. The second-order valence-corrected chi connectivity index (χ2v) is 4.31. The molecule has 0 aromatic heterocycles. The first-order valence-electron chi connectivity index (χ1n) is 5.12. The van der Waals surface area contributed by atoms with Gasteiger partial charge in [-0.15, -0.1) is 0 Å². The molecule has 0 aliphatic rings. The fraction of sp³-hybridized carbons (Fsp3) is 0.333. The molecule has 0 bridgehead atoms. The van der Waals surface area contributed by atoms with Gasteiger partial charge in [-0.3, -0.25) is 9.59 Å². The van der Waals surface area contributed by atoms with Gasteiger partial charge in [-0.2, -0.15) is 0 Å². The highest BCUT2D eigenvalue weighted by Gasteiger charge is 2.18. The summed E-state index contributed by atoms with van der Waals surface area (Å²) in [5.74, 6) is -0.450. The molecule has 0 N–H and O–H groups in total. The molecular weight excluding hydrogens is 279 g/mol. The highest BCUT2D eigenvalue weighted by Crippen LogP contribution is 2.32. The van der Waals surface area contributed by atoms with E-state index in [4.69, 9.17) is 27.9 Å². The SMILES string of the molecule is COC(=O)CCC(=O)c1c(Cl)cc(Cl)cc1OC. The van der Waals surface area contributed by atoms with Crippen molar-refractivity contribution < 1.29 is 19.1 Å². The van der Waals surface area contributed by atoms with Gasteiger partial charge in [-0.25, -0.2) is 0 Å². The van der Waals surface area contributed by atoms with Crippen LogP contribution in [0, 0.1) is 0 Å². The Morgan fingerprint density at radius 2 is 1.83 bits per heavy atom. The van der Waals surface area contributed by atoms with Gasteiger partial charge >= 0.3 is 5.97 Å². The third-order valence-corrected chi connectivity index (χ3v) is 2.82. The summed E-state index contributed by atoms with van der Waals surface area (Å²) in [6.07, 6.45) is 0.00181. The van der Waals surface area contributed by atoms with Crippen LogP contribution in [0.5, 0.6) is 5.75 Å². The Morgan fingerprint density at radius 1 is 1.17 bits per heavy atom. The van der Waals surface area contributed by atoms with E-state index >= 15 is 0 Å². The molecule has 0 aliphatic carbocycles. The maximum atomic E-state index is 12.0. The Kier molecular flexibility index (Phi) is 5.44. The van der Waals surface area contributed by atoms with Crippen molar-refractivity contribution in [3.05, 3.63) is 27.7 Å². The lowest BCUT2D eigenvalue weighted by Crippen LogP contribution is -2.08. The molecule has 0 amide bonds. The molecule has 0 saturated heterocycles. The third kappa shape index (κ3) is 3.62. The predicted octanol–water partition coefficient (Wildman–Crippen LogP) is 3.14. The molecule has 98 valence electrons. The minimum absolute atomic E-state index is 0.00254. The maximum Gasteiger partial charge on any atom is 0.305 e. The smallest absolute Gasteiger partial charge is 0.305 e. The molecule has 4 nitrogen and oxygen atoms in total. The molecule has 18 heavy (non-hydrogen) atoms. The number of ether oxygens (including phenoxy) is 2. The summed E-state index contributed by atoms with van der Waals surface area (Å²) in [5, 5.41) is 0.579. The normalized spacial score (nSPS) is 10.0. The van der Waals surface area contributed by atoms with Crippen molar-refractivity contribution in [3.63, 3.8) is 0 Å². The number of carbonyl (C=O) groups excluding carboxylic acids is 2. The van der Waals surface area contributed by atoms with Crippen LogP contribution < -0.4 is 4.74 Å². The van der Waals surface area contributed by atoms with Crippen molar-refractivity contribution in [3.8, 4) is 5.75 Å². The lowest BCUT2D eigenvalue weighted by Gasteiger charge is -2.10. The maximum absolute atomic E-state index is 12.0. The van der Waals surface area contributed by atoms with Gasteiger partial charge in [-0.1, -0.05) is 23.2 Å².